The lowest BCUT2D eigenvalue weighted by molar-refractivity contribution is 0.0986. The molecule has 3 rings (SSSR count). The van der Waals surface area contributed by atoms with Gasteiger partial charge in [-0.05, 0) is 6.92 Å². The highest BCUT2D eigenvalue weighted by molar-refractivity contribution is 7.13. The monoisotopic (exact) mass is 285 g/mol. The van der Waals surface area contributed by atoms with Gasteiger partial charge in [-0.15, -0.1) is 0 Å². The highest BCUT2D eigenvalue weighted by Crippen LogP contribution is 2.28. The smallest absolute Gasteiger partial charge is 0.284 e. The zero-order valence-electron chi connectivity index (χ0n) is 9.77. The van der Waals surface area contributed by atoms with E-state index >= 15 is 0 Å². The summed E-state index contributed by atoms with van der Waals surface area (Å²) in [5.74, 6) is 0.743. The fourth-order valence-corrected chi connectivity index (χ4v) is 3.09. The van der Waals surface area contributed by atoms with Gasteiger partial charge in [-0.25, -0.2) is 4.98 Å². The van der Waals surface area contributed by atoms with Crippen LogP contribution in [0.1, 0.15) is 6.92 Å². The molecule has 1 aliphatic rings. The van der Waals surface area contributed by atoms with Gasteiger partial charge in [-0.3, -0.25) is 9.17 Å². The van der Waals surface area contributed by atoms with Crippen molar-refractivity contribution in [3.05, 3.63) is 21.4 Å². The molecule has 18 heavy (non-hydrogen) atoms. The summed E-state index contributed by atoms with van der Waals surface area (Å²) in [6.45, 7) is 4.16. The van der Waals surface area contributed by atoms with E-state index in [2.05, 4.69) is 21.2 Å². The van der Waals surface area contributed by atoms with Crippen LogP contribution in [0, 0.1) is 0 Å². The first-order valence-electron chi connectivity index (χ1n) is 5.69. The standard InChI is InChI=1S/C11H12ClN3O2S/c1-6-5-17-3-2-15(6)8-4-7(12)10-9(13-8)11(16)14-18-10/h4,6H,2-3,5H2,1H3,(H,14,16)/t6-/m1/s1. The molecule has 1 N–H and O–H groups in total. The number of rotatable bonds is 1. The summed E-state index contributed by atoms with van der Waals surface area (Å²) in [4.78, 5) is 18.2. The van der Waals surface area contributed by atoms with E-state index in [4.69, 9.17) is 16.3 Å². The maximum Gasteiger partial charge on any atom is 0.284 e. The van der Waals surface area contributed by atoms with Crippen molar-refractivity contribution in [2.24, 2.45) is 0 Å². The molecule has 2 aromatic heterocycles. The average Bonchev–Trinajstić information content (AvgIpc) is 2.72. The second-order valence-corrected chi connectivity index (χ2v) is 5.51. The molecule has 0 aromatic carbocycles. The second kappa shape index (κ2) is 4.53. The van der Waals surface area contributed by atoms with Gasteiger partial charge in [0, 0.05) is 12.6 Å². The minimum absolute atomic E-state index is 0.181. The van der Waals surface area contributed by atoms with Crippen LogP contribution in [0.2, 0.25) is 5.02 Å². The molecule has 0 radical (unpaired) electrons. The van der Waals surface area contributed by atoms with Gasteiger partial charge in [0.2, 0.25) is 0 Å². The molecule has 96 valence electrons. The number of hydrogen-bond acceptors (Lipinski definition) is 5. The van der Waals surface area contributed by atoms with E-state index in [0.29, 0.717) is 28.5 Å². The van der Waals surface area contributed by atoms with Crippen LogP contribution in [-0.2, 0) is 4.74 Å². The van der Waals surface area contributed by atoms with Gasteiger partial charge < -0.3 is 9.64 Å². The Labute approximate surface area is 112 Å². The molecule has 2 aromatic rings. The van der Waals surface area contributed by atoms with Crippen LogP contribution in [0.4, 0.5) is 5.82 Å². The van der Waals surface area contributed by atoms with E-state index in [-0.39, 0.29) is 11.6 Å². The lowest BCUT2D eigenvalue weighted by Gasteiger charge is -2.34. The molecule has 3 heterocycles. The van der Waals surface area contributed by atoms with Crippen molar-refractivity contribution in [1.82, 2.24) is 9.36 Å². The van der Waals surface area contributed by atoms with Crippen LogP contribution in [0.5, 0.6) is 0 Å². The number of nitrogens with one attached hydrogen (secondary N) is 1. The Morgan fingerprint density at radius 2 is 2.50 bits per heavy atom. The number of anilines is 1. The van der Waals surface area contributed by atoms with Crippen LogP contribution in [0.15, 0.2) is 10.9 Å². The fraction of sp³-hybridized carbons (Fsp3) is 0.455. The van der Waals surface area contributed by atoms with Crippen LogP contribution in [0.25, 0.3) is 10.2 Å². The molecule has 5 nitrogen and oxygen atoms in total. The van der Waals surface area contributed by atoms with Gasteiger partial charge >= 0.3 is 0 Å². The lowest BCUT2D eigenvalue weighted by atomic mass is 10.2. The van der Waals surface area contributed by atoms with E-state index in [9.17, 15) is 4.79 Å². The van der Waals surface area contributed by atoms with Crippen molar-refractivity contribution in [2.45, 2.75) is 13.0 Å². The molecular formula is C11H12ClN3O2S. The number of fused-ring (bicyclic) bond motifs is 1. The van der Waals surface area contributed by atoms with Crippen molar-refractivity contribution in [3.63, 3.8) is 0 Å². The first-order chi connectivity index (χ1) is 8.66. The number of hydrogen-bond donors (Lipinski definition) is 1. The number of nitrogens with zero attached hydrogens (tertiary/aromatic N) is 2. The largest absolute Gasteiger partial charge is 0.377 e. The predicted molar refractivity (Wildman–Crippen MR) is 72.9 cm³/mol. The summed E-state index contributed by atoms with van der Waals surface area (Å²) in [6.07, 6.45) is 0. The molecule has 0 amide bonds. The van der Waals surface area contributed by atoms with Crippen molar-refractivity contribution < 1.29 is 4.74 Å². The summed E-state index contributed by atoms with van der Waals surface area (Å²) >= 11 is 7.42. The third-order valence-electron chi connectivity index (χ3n) is 3.04. The Morgan fingerprint density at radius 3 is 3.28 bits per heavy atom. The summed E-state index contributed by atoms with van der Waals surface area (Å²) in [7, 11) is 0. The number of ether oxygens (including phenoxy) is 1. The molecule has 0 bridgehead atoms. The van der Waals surface area contributed by atoms with E-state index in [1.807, 2.05) is 6.07 Å². The van der Waals surface area contributed by atoms with Gasteiger partial charge in [-0.2, -0.15) is 0 Å². The summed E-state index contributed by atoms with van der Waals surface area (Å²) in [6, 6.07) is 2.05. The van der Waals surface area contributed by atoms with Gasteiger partial charge in [0.05, 0.1) is 29.0 Å². The van der Waals surface area contributed by atoms with Gasteiger partial charge in [0.15, 0.2) is 5.52 Å². The zero-order chi connectivity index (χ0) is 12.7. The Kier molecular flexibility index (Phi) is 3.01. The van der Waals surface area contributed by atoms with Crippen LogP contribution in [0.3, 0.4) is 0 Å². The fourth-order valence-electron chi connectivity index (χ4n) is 2.10. The van der Waals surface area contributed by atoms with Gasteiger partial charge in [-0.1, -0.05) is 23.1 Å². The summed E-state index contributed by atoms with van der Waals surface area (Å²) in [5.41, 5.74) is 0.237. The highest BCUT2D eigenvalue weighted by atomic mass is 35.5. The zero-order valence-corrected chi connectivity index (χ0v) is 11.3. The van der Waals surface area contributed by atoms with Crippen molar-refractivity contribution in [2.75, 3.05) is 24.7 Å². The van der Waals surface area contributed by atoms with Gasteiger partial charge in [0.25, 0.3) is 5.56 Å². The van der Waals surface area contributed by atoms with E-state index < -0.39 is 0 Å². The van der Waals surface area contributed by atoms with E-state index in [0.717, 1.165) is 12.4 Å². The maximum atomic E-state index is 11.6. The quantitative estimate of drug-likeness (QED) is 0.869. The Balaban J connectivity index is 2.11. The molecule has 0 aliphatic carbocycles. The minimum atomic E-state index is -0.181. The number of halogens is 1. The number of H-pyrrole nitrogens is 1. The third-order valence-corrected chi connectivity index (χ3v) is 4.35. The Morgan fingerprint density at radius 1 is 1.67 bits per heavy atom. The third kappa shape index (κ3) is 1.90. The molecule has 0 unspecified atom stereocenters. The maximum absolute atomic E-state index is 11.6. The van der Waals surface area contributed by atoms with Crippen molar-refractivity contribution in [1.29, 1.82) is 0 Å². The average molecular weight is 286 g/mol. The van der Waals surface area contributed by atoms with E-state index in [1.165, 1.54) is 11.5 Å². The number of pyridine rings is 1. The molecule has 0 saturated carbocycles. The molecule has 1 saturated heterocycles. The normalized spacial score (nSPS) is 20.6. The number of aromatic nitrogens is 2. The molecule has 1 fully saturated rings. The van der Waals surface area contributed by atoms with Gasteiger partial charge in [0.1, 0.15) is 5.82 Å². The van der Waals surface area contributed by atoms with Crippen LogP contribution in [-0.4, -0.2) is 35.2 Å². The van der Waals surface area contributed by atoms with Crippen molar-refractivity contribution >= 4 is 39.2 Å². The molecule has 1 aliphatic heterocycles. The highest BCUT2D eigenvalue weighted by Gasteiger charge is 2.22. The SMILES string of the molecule is C[C@@H]1COCCN1c1cc(Cl)c2s[nH]c(=O)c2n1. The Bertz CT molecular complexity index is 639. The molecular weight excluding hydrogens is 274 g/mol. The topological polar surface area (TPSA) is 58.2 Å². The molecule has 7 heteroatoms. The molecule has 1 atom stereocenters. The molecule has 0 spiro atoms. The first-order valence-corrected chi connectivity index (χ1v) is 6.88. The second-order valence-electron chi connectivity index (χ2n) is 4.29. The van der Waals surface area contributed by atoms with Crippen LogP contribution >= 0.6 is 23.1 Å². The number of morpholine rings is 1. The predicted octanol–water partition coefficient (Wildman–Crippen LogP) is 1.86. The first kappa shape index (κ1) is 12.0. The summed E-state index contributed by atoms with van der Waals surface area (Å²) < 4.78 is 8.76. The lowest BCUT2D eigenvalue weighted by Crippen LogP contribution is -2.44. The van der Waals surface area contributed by atoms with Crippen molar-refractivity contribution in [3.8, 4) is 0 Å². The number of aromatic amines is 1. The Hall–Kier alpha value is -1.11. The van der Waals surface area contributed by atoms with Crippen LogP contribution < -0.4 is 10.5 Å². The summed E-state index contributed by atoms with van der Waals surface area (Å²) in [5, 5.41) is 0.567. The minimum Gasteiger partial charge on any atom is -0.377 e. The van der Waals surface area contributed by atoms with E-state index in [1.54, 1.807) is 0 Å².